The summed E-state index contributed by atoms with van der Waals surface area (Å²) in [6.45, 7) is 4.63. The first kappa shape index (κ1) is 12.3. The van der Waals surface area contributed by atoms with Gasteiger partial charge in [-0.2, -0.15) is 0 Å². The van der Waals surface area contributed by atoms with E-state index in [0.717, 1.165) is 31.3 Å². The van der Waals surface area contributed by atoms with Crippen LogP contribution in [0.25, 0.3) is 0 Å². The third-order valence-electron chi connectivity index (χ3n) is 4.16. The Bertz CT molecular complexity index is 196. The molecule has 1 saturated heterocycles. The lowest BCUT2D eigenvalue weighted by Crippen LogP contribution is -2.42. The Balaban J connectivity index is 1.58. The molecule has 1 saturated carbocycles. The first-order valence-corrected chi connectivity index (χ1v) is 6.67. The van der Waals surface area contributed by atoms with Gasteiger partial charge < -0.3 is 14.7 Å². The number of likely N-dealkylation sites (tertiary alicyclic amines) is 1. The van der Waals surface area contributed by atoms with Crippen LogP contribution in [0.4, 0.5) is 0 Å². The van der Waals surface area contributed by atoms with Crippen molar-refractivity contribution in [3.63, 3.8) is 0 Å². The van der Waals surface area contributed by atoms with Gasteiger partial charge in [0.15, 0.2) is 0 Å². The molecule has 0 radical (unpaired) electrons. The summed E-state index contributed by atoms with van der Waals surface area (Å²) in [7, 11) is 1.79. The summed E-state index contributed by atoms with van der Waals surface area (Å²) >= 11 is 0. The maximum absolute atomic E-state index is 9.25. The number of rotatable bonds is 5. The Hall–Kier alpha value is -0.120. The minimum Gasteiger partial charge on any atom is -0.393 e. The standard InChI is InChI=1S/C13H25NO2/c1-16-7-4-11-2-5-14(6-3-11)10-12-8-13(15)9-12/h11-13,15H,2-10H2,1H3. The van der Waals surface area contributed by atoms with Crippen molar-refractivity contribution in [2.24, 2.45) is 11.8 Å². The maximum atomic E-state index is 9.25. The van der Waals surface area contributed by atoms with E-state index in [-0.39, 0.29) is 6.10 Å². The Morgan fingerprint density at radius 3 is 2.44 bits per heavy atom. The molecule has 2 rings (SSSR count). The highest BCUT2D eigenvalue weighted by atomic mass is 16.5. The molecule has 1 heterocycles. The first-order valence-electron chi connectivity index (χ1n) is 6.67. The number of piperidine rings is 1. The second kappa shape index (κ2) is 5.99. The minimum absolute atomic E-state index is 0.00393. The zero-order valence-electron chi connectivity index (χ0n) is 10.4. The van der Waals surface area contributed by atoms with E-state index in [1.807, 2.05) is 0 Å². The van der Waals surface area contributed by atoms with E-state index in [1.165, 1.54) is 38.9 Å². The van der Waals surface area contributed by atoms with Gasteiger partial charge in [0, 0.05) is 20.3 Å². The molecule has 94 valence electrons. The number of methoxy groups -OCH3 is 1. The number of aliphatic hydroxyl groups excluding tert-OH is 1. The lowest BCUT2D eigenvalue weighted by Gasteiger charge is -2.39. The summed E-state index contributed by atoms with van der Waals surface area (Å²) in [6.07, 6.45) is 5.96. The fraction of sp³-hybridized carbons (Fsp3) is 1.00. The monoisotopic (exact) mass is 227 g/mol. The van der Waals surface area contributed by atoms with Gasteiger partial charge in [-0.1, -0.05) is 0 Å². The van der Waals surface area contributed by atoms with Crippen molar-refractivity contribution >= 4 is 0 Å². The summed E-state index contributed by atoms with van der Waals surface area (Å²) in [4.78, 5) is 2.58. The third-order valence-corrected chi connectivity index (χ3v) is 4.16. The van der Waals surface area contributed by atoms with E-state index in [2.05, 4.69) is 4.90 Å². The zero-order valence-corrected chi connectivity index (χ0v) is 10.4. The zero-order chi connectivity index (χ0) is 11.4. The maximum Gasteiger partial charge on any atom is 0.0546 e. The smallest absolute Gasteiger partial charge is 0.0546 e. The SMILES string of the molecule is COCCC1CCN(CC2CC(O)C2)CC1. The number of nitrogens with zero attached hydrogens (tertiary/aromatic N) is 1. The van der Waals surface area contributed by atoms with E-state index in [0.29, 0.717) is 0 Å². The molecule has 0 spiro atoms. The summed E-state index contributed by atoms with van der Waals surface area (Å²) in [5.74, 6) is 1.65. The lowest BCUT2D eigenvalue weighted by molar-refractivity contribution is 0.0174. The van der Waals surface area contributed by atoms with Gasteiger partial charge in [-0.15, -0.1) is 0 Å². The van der Waals surface area contributed by atoms with Gasteiger partial charge in [0.1, 0.15) is 0 Å². The van der Waals surface area contributed by atoms with Crippen molar-refractivity contribution in [3.05, 3.63) is 0 Å². The van der Waals surface area contributed by atoms with Gasteiger partial charge >= 0.3 is 0 Å². The largest absolute Gasteiger partial charge is 0.393 e. The average Bonchev–Trinajstić information content (AvgIpc) is 2.26. The minimum atomic E-state index is 0.00393. The Kier molecular flexibility index (Phi) is 4.62. The highest BCUT2D eigenvalue weighted by Crippen LogP contribution is 2.29. The quantitative estimate of drug-likeness (QED) is 0.772. The van der Waals surface area contributed by atoms with Gasteiger partial charge in [-0.3, -0.25) is 0 Å². The molecule has 3 heteroatoms. The van der Waals surface area contributed by atoms with Crippen LogP contribution in [0, 0.1) is 11.8 Å². The van der Waals surface area contributed by atoms with E-state index in [1.54, 1.807) is 7.11 Å². The first-order chi connectivity index (χ1) is 7.78. The Labute approximate surface area is 98.8 Å². The van der Waals surface area contributed by atoms with Crippen molar-refractivity contribution in [3.8, 4) is 0 Å². The fourth-order valence-corrected chi connectivity index (χ4v) is 2.96. The van der Waals surface area contributed by atoms with E-state index < -0.39 is 0 Å². The van der Waals surface area contributed by atoms with Gasteiger partial charge in [0.25, 0.3) is 0 Å². The topological polar surface area (TPSA) is 32.7 Å². The summed E-state index contributed by atoms with van der Waals surface area (Å²) < 4.78 is 5.13. The van der Waals surface area contributed by atoms with Crippen LogP contribution in [0.3, 0.4) is 0 Å². The molecule has 3 nitrogen and oxygen atoms in total. The predicted molar refractivity (Wildman–Crippen MR) is 64.4 cm³/mol. The highest BCUT2D eigenvalue weighted by molar-refractivity contribution is 4.83. The molecule has 0 atom stereocenters. The number of aliphatic hydroxyl groups is 1. The van der Waals surface area contributed by atoms with Crippen LogP contribution < -0.4 is 0 Å². The van der Waals surface area contributed by atoms with Crippen molar-refractivity contribution in [2.75, 3.05) is 33.4 Å². The predicted octanol–water partition coefficient (Wildman–Crippen LogP) is 1.51. The molecule has 1 aliphatic carbocycles. The molecule has 0 aromatic heterocycles. The second-order valence-corrected chi connectivity index (χ2v) is 5.52. The molecule has 0 aromatic carbocycles. The van der Waals surface area contributed by atoms with Crippen molar-refractivity contribution in [2.45, 2.75) is 38.2 Å². The van der Waals surface area contributed by atoms with E-state index in [4.69, 9.17) is 4.74 Å². The van der Waals surface area contributed by atoms with Crippen molar-refractivity contribution < 1.29 is 9.84 Å². The van der Waals surface area contributed by atoms with E-state index in [9.17, 15) is 5.11 Å². The van der Waals surface area contributed by atoms with Crippen LogP contribution >= 0.6 is 0 Å². The van der Waals surface area contributed by atoms with Gasteiger partial charge in [0.05, 0.1) is 6.10 Å². The number of hydrogen-bond donors (Lipinski definition) is 1. The van der Waals surface area contributed by atoms with Crippen LogP contribution in [0.15, 0.2) is 0 Å². The summed E-state index contributed by atoms with van der Waals surface area (Å²) in [6, 6.07) is 0. The normalized spacial score (nSPS) is 32.6. The molecule has 1 aliphatic heterocycles. The van der Waals surface area contributed by atoms with Gasteiger partial charge in [-0.05, 0) is 57.0 Å². The fourth-order valence-electron chi connectivity index (χ4n) is 2.96. The molecular weight excluding hydrogens is 202 g/mol. The average molecular weight is 227 g/mol. The lowest BCUT2D eigenvalue weighted by atomic mass is 9.81. The Morgan fingerprint density at radius 2 is 1.88 bits per heavy atom. The Morgan fingerprint density at radius 1 is 1.19 bits per heavy atom. The van der Waals surface area contributed by atoms with E-state index >= 15 is 0 Å². The van der Waals surface area contributed by atoms with Gasteiger partial charge in [0.2, 0.25) is 0 Å². The molecule has 2 aliphatic rings. The van der Waals surface area contributed by atoms with Gasteiger partial charge in [-0.25, -0.2) is 0 Å². The summed E-state index contributed by atoms with van der Waals surface area (Å²) in [5, 5.41) is 9.25. The van der Waals surface area contributed by atoms with Crippen molar-refractivity contribution in [1.82, 2.24) is 4.90 Å². The summed E-state index contributed by atoms with van der Waals surface area (Å²) in [5.41, 5.74) is 0. The highest BCUT2D eigenvalue weighted by Gasteiger charge is 2.29. The van der Waals surface area contributed by atoms with Crippen LogP contribution in [-0.2, 0) is 4.74 Å². The van der Waals surface area contributed by atoms with Crippen LogP contribution in [0.5, 0.6) is 0 Å². The number of ether oxygens (including phenoxy) is 1. The van der Waals surface area contributed by atoms with Crippen LogP contribution in [0.1, 0.15) is 32.1 Å². The number of hydrogen-bond acceptors (Lipinski definition) is 3. The van der Waals surface area contributed by atoms with Crippen molar-refractivity contribution in [1.29, 1.82) is 0 Å². The molecule has 1 N–H and O–H groups in total. The third kappa shape index (κ3) is 3.44. The molecule has 2 fully saturated rings. The molecule has 16 heavy (non-hydrogen) atoms. The van der Waals surface area contributed by atoms with Crippen LogP contribution in [0.2, 0.25) is 0 Å². The molecular formula is C13H25NO2. The molecule has 0 aromatic rings. The molecule has 0 amide bonds. The van der Waals surface area contributed by atoms with Crippen LogP contribution in [-0.4, -0.2) is 49.5 Å². The molecule has 0 unspecified atom stereocenters. The second-order valence-electron chi connectivity index (χ2n) is 5.52. The molecule has 0 bridgehead atoms.